The Hall–Kier alpha value is -1.78. The van der Waals surface area contributed by atoms with Crippen LogP contribution >= 0.6 is 0 Å². The molecule has 0 aromatic carbocycles. The second-order valence-corrected chi connectivity index (χ2v) is 6.89. The molecule has 1 aromatic rings. The van der Waals surface area contributed by atoms with Crippen LogP contribution in [0.2, 0.25) is 0 Å². The maximum atomic E-state index is 12.1. The minimum atomic E-state index is -0.114. The Morgan fingerprint density at radius 1 is 1.24 bits per heavy atom. The first-order valence-corrected chi connectivity index (χ1v) is 7.85. The topological polar surface area (TPSA) is 57.3 Å². The molecule has 2 N–H and O–H groups in total. The first-order valence-electron chi connectivity index (χ1n) is 7.85. The monoisotopic (exact) mass is 286 g/mol. The van der Waals surface area contributed by atoms with Gasteiger partial charge in [-0.2, -0.15) is 0 Å². The minimum Gasteiger partial charge on any atom is -0.363 e. The molecule has 5 nitrogen and oxygen atoms in total. The molecule has 0 saturated heterocycles. The van der Waals surface area contributed by atoms with Gasteiger partial charge in [0.2, 0.25) is 0 Å². The molecule has 5 heteroatoms. The van der Waals surface area contributed by atoms with E-state index >= 15 is 0 Å². The van der Waals surface area contributed by atoms with Gasteiger partial charge in [0.1, 0.15) is 11.6 Å². The van der Waals surface area contributed by atoms with E-state index in [9.17, 15) is 4.79 Å². The minimum absolute atomic E-state index is 0.114. The first-order chi connectivity index (χ1) is 10.1. The Morgan fingerprint density at radius 2 is 1.95 bits per heavy atom. The fraction of sp³-hybridized carbons (Fsp3) is 0.625. The number of rotatable bonds is 3. The zero-order valence-corrected chi connectivity index (χ0v) is 12.5. The van der Waals surface area contributed by atoms with E-state index in [0.717, 1.165) is 29.5 Å². The van der Waals surface area contributed by atoms with Crippen LogP contribution in [0.5, 0.6) is 0 Å². The SMILES string of the molecule is CN(C)c1cccc(NC(=O)NC2C3C4CCC(C4)C23)n1. The largest absolute Gasteiger partial charge is 0.363 e. The Kier molecular flexibility index (Phi) is 2.84. The molecule has 0 radical (unpaired) electrons. The standard InChI is InChI=1S/C16H22N4O/c1-20(2)12-5-3-4-11(17-12)18-16(21)19-15-13-9-6-7-10(8-9)14(13)15/h3-5,9-10,13-15H,6-8H2,1-2H3,(H2,17,18,19,21). The highest BCUT2D eigenvalue weighted by atomic mass is 16.2. The fourth-order valence-corrected chi connectivity index (χ4v) is 4.56. The van der Waals surface area contributed by atoms with Gasteiger partial charge in [0.05, 0.1) is 0 Å². The molecule has 3 saturated carbocycles. The van der Waals surface area contributed by atoms with E-state index in [4.69, 9.17) is 0 Å². The van der Waals surface area contributed by atoms with Crippen molar-refractivity contribution in [3.8, 4) is 0 Å². The maximum absolute atomic E-state index is 12.1. The zero-order valence-electron chi connectivity index (χ0n) is 12.5. The summed E-state index contributed by atoms with van der Waals surface area (Å²) in [5.41, 5.74) is 0. The third kappa shape index (κ3) is 2.15. The number of nitrogens with zero attached hydrogens (tertiary/aromatic N) is 2. The van der Waals surface area contributed by atoms with E-state index in [1.165, 1.54) is 19.3 Å². The van der Waals surface area contributed by atoms with Crippen molar-refractivity contribution in [1.82, 2.24) is 10.3 Å². The van der Waals surface area contributed by atoms with E-state index in [1.807, 2.05) is 37.2 Å². The third-order valence-corrected chi connectivity index (χ3v) is 5.47. The van der Waals surface area contributed by atoms with E-state index in [2.05, 4.69) is 15.6 Å². The quantitative estimate of drug-likeness (QED) is 0.896. The molecular weight excluding hydrogens is 264 g/mol. The van der Waals surface area contributed by atoms with Gasteiger partial charge in [0.25, 0.3) is 0 Å². The lowest BCUT2D eigenvalue weighted by Crippen LogP contribution is -2.34. The first kappa shape index (κ1) is 12.9. The van der Waals surface area contributed by atoms with Crippen LogP contribution < -0.4 is 15.5 Å². The second kappa shape index (κ2) is 4.61. The van der Waals surface area contributed by atoms with Gasteiger partial charge < -0.3 is 10.2 Å². The number of anilines is 2. The van der Waals surface area contributed by atoms with Crippen molar-refractivity contribution in [1.29, 1.82) is 0 Å². The van der Waals surface area contributed by atoms with Crippen LogP contribution in [0.15, 0.2) is 18.2 Å². The highest BCUT2D eigenvalue weighted by Gasteiger charge is 2.65. The molecule has 3 fully saturated rings. The van der Waals surface area contributed by atoms with Crippen molar-refractivity contribution < 1.29 is 4.79 Å². The van der Waals surface area contributed by atoms with Crippen LogP contribution in [-0.4, -0.2) is 31.2 Å². The molecule has 1 heterocycles. The van der Waals surface area contributed by atoms with Crippen molar-refractivity contribution >= 4 is 17.7 Å². The third-order valence-electron chi connectivity index (χ3n) is 5.47. The number of nitrogens with one attached hydrogen (secondary N) is 2. The molecular formula is C16H22N4O. The highest BCUT2D eigenvalue weighted by molar-refractivity contribution is 5.89. The number of amides is 2. The Balaban J connectivity index is 1.36. The summed E-state index contributed by atoms with van der Waals surface area (Å²) in [5, 5.41) is 6.01. The summed E-state index contributed by atoms with van der Waals surface area (Å²) in [6.45, 7) is 0. The molecule has 2 amide bonds. The Bertz CT molecular complexity index is 557. The smallest absolute Gasteiger partial charge is 0.320 e. The number of aromatic nitrogens is 1. The van der Waals surface area contributed by atoms with Crippen molar-refractivity contribution in [3.05, 3.63) is 18.2 Å². The van der Waals surface area contributed by atoms with Gasteiger partial charge in [0.15, 0.2) is 0 Å². The van der Waals surface area contributed by atoms with Gasteiger partial charge in [-0.15, -0.1) is 0 Å². The van der Waals surface area contributed by atoms with E-state index in [1.54, 1.807) is 0 Å². The number of carbonyl (C=O) groups excluding carboxylic acids is 1. The molecule has 3 aliphatic rings. The molecule has 4 unspecified atom stereocenters. The normalized spacial score (nSPS) is 35.2. The molecule has 112 valence electrons. The molecule has 4 atom stereocenters. The van der Waals surface area contributed by atoms with Crippen LogP contribution in [0, 0.1) is 23.7 Å². The van der Waals surface area contributed by atoms with Crippen molar-refractivity contribution in [3.63, 3.8) is 0 Å². The highest BCUT2D eigenvalue weighted by Crippen LogP contribution is 2.65. The Morgan fingerprint density at radius 3 is 2.62 bits per heavy atom. The summed E-state index contributed by atoms with van der Waals surface area (Å²) in [4.78, 5) is 18.5. The van der Waals surface area contributed by atoms with Gasteiger partial charge >= 0.3 is 6.03 Å². The predicted molar refractivity (Wildman–Crippen MR) is 82.3 cm³/mol. The summed E-state index contributed by atoms with van der Waals surface area (Å²) in [7, 11) is 3.88. The van der Waals surface area contributed by atoms with Crippen LogP contribution in [-0.2, 0) is 0 Å². The number of hydrogen-bond acceptors (Lipinski definition) is 3. The average molecular weight is 286 g/mol. The lowest BCUT2D eigenvalue weighted by molar-refractivity contribution is 0.249. The zero-order chi connectivity index (χ0) is 14.6. The maximum Gasteiger partial charge on any atom is 0.320 e. The van der Waals surface area contributed by atoms with Gasteiger partial charge in [-0.05, 0) is 55.1 Å². The van der Waals surface area contributed by atoms with Crippen LogP contribution in [0.4, 0.5) is 16.4 Å². The van der Waals surface area contributed by atoms with Crippen molar-refractivity contribution in [2.75, 3.05) is 24.3 Å². The predicted octanol–water partition coefficient (Wildman–Crippen LogP) is 2.31. The van der Waals surface area contributed by atoms with E-state index in [-0.39, 0.29) is 6.03 Å². The van der Waals surface area contributed by atoms with Crippen LogP contribution in [0.25, 0.3) is 0 Å². The van der Waals surface area contributed by atoms with Gasteiger partial charge in [-0.25, -0.2) is 9.78 Å². The summed E-state index contributed by atoms with van der Waals surface area (Å²) in [6.07, 6.45) is 4.15. The fourth-order valence-electron chi connectivity index (χ4n) is 4.56. The summed E-state index contributed by atoms with van der Waals surface area (Å²) in [6, 6.07) is 5.95. The molecule has 0 aliphatic heterocycles. The Labute approximate surface area is 125 Å². The van der Waals surface area contributed by atoms with Gasteiger partial charge in [-0.3, -0.25) is 5.32 Å². The summed E-state index contributed by atoms with van der Waals surface area (Å²) >= 11 is 0. The van der Waals surface area contributed by atoms with Gasteiger partial charge in [-0.1, -0.05) is 6.07 Å². The van der Waals surface area contributed by atoms with Crippen LogP contribution in [0.1, 0.15) is 19.3 Å². The molecule has 2 bridgehead atoms. The summed E-state index contributed by atoms with van der Waals surface area (Å²) < 4.78 is 0. The van der Waals surface area contributed by atoms with E-state index in [0.29, 0.717) is 11.9 Å². The second-order valence-electron chi connectivity index (χ2n) is 6.89. The molecule has 21 heavy (non-hydrogen) atoms. The van der Waals surface area contributed by atoms with Crippen molar-refractivity contribution in [2.24, 2.45) is 23.7 Å². The molecule has 4 rings (SSSR count). The van der Waals surface area contributed by atoms with Crippen LogP contribution in [0.3, 0.4) is 0 Å². The lowest BCUT2D eigenvalue weighted by atomic mass is 10.0. The van der Waals surface area contributed by atoms with E-state index < -0.39 is 0 Å². The number of urea groups is 1. The molecule has 3 aliphatic carbocycles. The molecule has 1 aromatic heterocycles. The number of pyridine rings is 1. The average Bonchev–Trinajstić information content (AvgIpc) is 2.84. The lowest BCUT2D eigenvalue weighted by Gasteiger charge is -2.14. The number of fused-ring (bicyclic) bond motifs is 5. The number of hydrogen-bond donors (Lipinski definition) is 2. The van der Waals surface area contributed by atoms with Gasteiger partial charge in [0, 0.05) is 20.1 Å². The summed E-state index contributed by atoms with van der Waals surface area (Å²) in [5.74, 6) is 4.72. The molecule has 0 spiro atoms. The van der Waals surface area contributed by atoms with Crippen molar-refractivity contribution in [2.45, 2.75) is 25.3 Å². The number of carbonyl (C=O) groups is 1.